The number of nitrogens with zero attached hydrogens (tertiary/aromatic N) is 4. The van der Waals surface area contributed by atoms with Crippen molar-refractivity contribution in [3.05, 3.63) is 71.3 Å². The molecule has 1 aliphatic carbocycles. The summed E-state index contributed by atoms with van der Waals surface area (Å²) in [5.74, 6) is 1.30. The minimum atomic E-state index is -0.451. The third kappa shape index (κ3) is 4.52. The Hall–Kier alpha value is -3.59. The third-order valence-electron chi connectivity index (χ3n) is 5.34. The first-order chi connectivity index (χ1) is 15.6. The summed E-state index contributed by atoms with van der Waals surface area (Å²) in [5.41, 5.74) is 8.73. The zero-order valence-electron chi connectivity index (χ0n) is 17.2. The minimum absolute atomic E-state index is 0.0945. The van der Waals surface area contributed by atoms with Gasteiger partial charge in [0.1, 0.15) is 28.8 Å². The molecule has 1 fully saturated rings. The molecule has 0 amide bonds. The number of nitriles is 1. The Kier molecular flexibility index (Phi) is 6.55. The number of hydrogen-bond donors (Lipinski definition) is 2. The molecule has 2 heterocycles. The van der Waals surface area contributed by atoms with Gasteiger partial charge in [0.15, 0.2) is 0 Å². The minimum Gasteiger partial charge on any atom is -0.488 e. The highest BCUT2D eigenvalue weighted by Crippen LogP contribution is 2.42. The highest BCUT2D eigenvalue weighted by Gasteiger charge is 2.27. The van der Waals surface area contributed by atoms with Crippen molar-refractivity contribution in [2.75, 3.05) is 5.73 Å². The molecule has 32 heavy (non-hydrogen) atoms. The SMILES string of the molecule is [C-]#[N+]c1c(N)nc(SCc2cccnc2)c(C#N)c1-c1ccc(O[C@H]2CCC[C@H]2O)cc1. The molecule has 2 atom stereocenters. The molecule has 0 saturated heterocycles. The van der Waals surface area contributed by atoms with Crippen LogP contribution in [0.15, 0.2) is 53.8 Å². The quantitative estimate of drug-likeness (QED) is 0.418. The Morgan fingerprint density at radius 2 is 2.09 bits per heavy atom. The van der Waals surface area contributed by atoms with Crippen LogP contribution in [-0.2, 0) is 5.75 Å². The first kappa shape index (κ1) is 21.6. The van der Waals surface area contributed by atoms with Gasteiger partial charge in [0.2, 0.25) is 5.69 Å². The standard InChI is InChI=1S/C24H21N5O2S/c1-27-22-21(16-7-9-17(10-8-16)31-20-6-2-5-19(20)30)18(12-25)24(29-23(22)26)32-14-15-4-3-11-28-13-15/h3-4,7-11,13,19-20,30H,2,5-6,14H2,(H2,26,29)/t19-,20+/m1/s1. The van der Waals surface area contributed by atoms with Gasteiger partial charge in [-0.3, -0.25) is 4.98 Å². The number of anilines is 1. The second-order valence-electron chi connectivity index (χ2n) is 7.45. The van der Waals surface area contributed by atoms with Crippen LogP contribution >= 0.6 is 11.8 Å². The lowest BCUT2D eigenvalue weighted by Crippen LogP contribution is -2.25. The third-order valence-corrected chi connectivity index (χ3v) is 6.38. The Balaban J connectivity index is 1.67. The Bertz CT molecular complexity index is 1190. The van der Waals surface area contributed by atoms with Gasteiger partial charge in [-0.2, -0.15) is 5.26 Å². The van der Waals surface area contributed by atoms with Crippen molar-refractivity contribution in [1.29, 1.82) is 5.26 Å². The van der Waals surface area contributed by atoms with Gasteiger partial charge in [0, 0.05) is 23.7 Å². The van der Waals surface area contributed by atoms with E-state index >= 15 is 0 Å². The lowest BCUT2D eigenvalue weighted by Gasteiger charge is -2.18. The molecule has 1 saturated carbocycles. The molecule has 1 aliphatic rings. The average molecular weight is 444 g/mol. The topological polar surface area (TPSA) is 109 Å². The number of pyridine rings is 2. The van der Waals surface area contributed by atoms with E-state index in [1.54, 1.807) is 36.7 Å². The molecule has 0 unspecified atom stereocenters. The van der Waals surface area contributed by atoms with Crippen molar-refractivity contribution < 1.29 is 9.84 Å². The maximum Gasteiger partial charge on any atom is 0.236 e. The van der Waals surface area contributed by atoms with E-state index in [0.29, 0.717) is 33.2 Å². The van der Waals surface area contributed by atoms with E-state index < -0.39 is 6.10 Å². The van der Waals surface area contributed by atoms with Crippen LogP contribution in [0.5, 0.6) is 5.75 Å². The lowest BCUT2D eigenvalue weighted by molar-refractivity contribution is 0.0604. The number of thioether (sulfide) groups is 1. The van der Waals surface area contributed by atoms with Gasteiger partial charge in [-0.1, -0.05) is 18.2 Å². The largest absolute Gasteiger partial charge is 0.488 e. The van der Waals surface area contributed by atoms with Crippen LogP contribution in [0.25, 0.3) is 16.0 Å². The van der Waals surface area contributed by atoms with E-state index in [2.05, 4.69) is 20.9 Å². The summed E-state index contributed by atoms with van der Waals surface area (Å²) in [6.45, 7) is 7.60. The van der Waals surface area contributed by atoms with Gasteiger partial charge in [0.25, 0.3) is 0 Å². The zero-order valence-corrected chi connectivity index (χ0v) is 18.0. The second kappa shape index (κ2) is 9.69. The molecule has 160 valence electrons. The first-order valence-electron chi connectivity index (χ1n) is 10.2. The normalized spacial score (nSPS) is 17.5. The second-order valence-corrected chi connectivity index (χ2v) is 8.42. The number of rotatable bonds is 6. The maximum absolute atomic E-state index is 9.99. The number of aliphatic hydroxyl groups is 1. The smallest absolute Gasteiger partial charge is 0.236 e. The van der Waals surface area contributed by atoms with E-state index in [1.165, 1.54) is 11.8 Å². The van der Waals surface area contributed by atoms with Gasteiger partial charge >= 0.3 is 0 Å². The van der Waals surface area contributed by atoms with Gasteiger partial charge in [-0.05, 0) is 48.6 Å². The Morgan fingerprint density at radius 3 is 2.72 bits per heavy atom. The number of ether oxygens (including phenoxy) is 1. The molecule has 3 N–H and O–H groups in total. The van der Waals surface area contributed by atoms with Gasteiger partial charge in [-0.15, -0.1) is 11.8 Å². The first-order valence-corrected chi connectivity index (χ1v) is 11.2. The highest BCUT2D eigenvalue weighted by atomic mass is 32.2. The summed E-state index contributed by atoms with van der Waals surface area (Å²) in [6, 6.07) is 13.2. The molecule has 0 bridgehead atoms. The molecule has 0 aliphatic heterocycles. The summed E-state index contributed by atoms with van der Waals surface area (Å²) in [4.78, 5) is 12.0. The van der Waals surface area contributed by atoms with Crippen LogP contribution < -0.4 is 10.5 Å². The molecule has 1 aromatic carbocycles. The van der Waals surface area contributed by atoms with E-state index in [0.717, 1.165) is 24.8 Å². The van der Waals surface area contributed by atoms with Crippen molar-refractivity contribution in [3.8, 4) is 22.9 Å². The predicted octanol–water partition coefficient (Wildman–Crippen LogP) is 4.73. The summed E-state index contributed by atoms with van der Waals surface area (Å²) >= 11 is 1.38. The fraction of sp³-hybridized carbons (Fsp3) is 0.250. The Morgan fingerprint density at radius 1 is 1.28 bits per heavy atom. The maximum atomic E-state index is 9.99. The number of nitrogens with two attached hydrogens (primary N) is 1. The predicted molar refractivity (Wildman–Crippen MR) is 123 cm³/mol. The van der Waals surface area contributed by atoms with Crippen LogP contribution in [0.1, 0.15) is 30.4 Å². The molecule has 7 nitrogen and oxygen atoms in total. The number of benzene rings is 1. The number of hydrogen-bond acceptors (Lipinski definition) is 7. The molecule has 3 aromatic rings. The van der Waals surface area contributed by atoms with Crippen molar-refractivity contribution in [2.24, 2.45) is 0 Å². The number of aliphatic hydroxyl groups excluding tert-OH is 1. The zero-order chi connectivity index (χ0) is 22.5. The van der Waals surface area contributed by atoms with Crippen LogP contribution in [0.4, 0.5) is 11.5 Å². The van der Waals surface area contributed by atoms with Gasteiger partial charge in [0.05, 0.1) is 18.2 Å². The molecule has 4 rings (SSSR count). The van der Waals surface area contributed by atoms with Crippen LogP contribution in [0.3, 0.4) is 0 Å². The summed E-state index contributed by atoms with van der Waals surface area (Å²) in [6.07, 6.45) is 5.32. The van der Waals surface area contributed by atoms with E-state index in [4.69, 9.17) is 17.0 Å². The van der Waals surface area contributed by atoms with Gasteiger partial charge in [-0.25, -0.2) is 9.83 Å². The number of aromatic nitrogens is 2. The molecular formula is C24H21N5O2S. The van der Waals surface area contributed by atoms with Crippen LogP contribution in [0, 0.1) is 17.9 Å². The van der Waals surface area contributed by atoms with Crippen molar-refractivity contribution in [1.82, 2.24) is 9.97 Å². The van der Waals surface area contributed by atoms with Crippen molar-refractivity contribution in [2.45, 2.75) is 42.2 Å². The van der Waals surface area contributed by atoms with Crippen molar-refractivity contribution in [3.63, 3.8) is 0 Å². The van der Waals surface area contributed by atoms with Crippen molar-refractivity contribution >= 4 is 23.3 Å². The summed E-state index contributed by atoms with van der Waals surface area (Å²) in [7, 11) is 0. The summed E-state index contributed by atoms with van der Waals surface area (Å²) < 4.78 is 5.90. The molecular weight excluding hydrogens is 422 g/mol. The van der Waals surface area contributed by atoms with E-state index in [9.17, 15) is 10.4 Å². The average Bonchev–Trinajstić information content (AvgIpc) is 3.22. The molecule has 2 aromatic heterocycles. The van der Waals surface area contributed by atoms with Gasteiger partial charge < -0.3 is 15.6 Å². The van der Waals surface area contributed by atoms with E-state index in [1.807, 2.05) is 12.1 Å². The number of nitrogen functional groups attached to an aromatic ring is 1. The Labute approximate surface area is 190 Å². The molecule has 0 radical (unpaired) electrons. The summed E-state index contributed by atoms with van der Waals surface area (Å²) in [5, 5.41) is 20.4. The molecule has 0 spiro atoms. The van der Waals surface area contributed by atoms with Crippen LogP contribution in [0.2, 0.25) is 0 Å². The van der Waals surface area contributed by atoms with Crippen LogP contribution in [-0.4, -0.2) is 27.3 Å². The molecule has 8 heteroatoms. The fourth-order valence-electron chi connectivity index (χ4n) is 3.73. The van der Waals surface area contributed by atoms with E-state index in [-0.39, 0.29) is 17.6 Å². The monoisotopic (exact) mass is 443 g/mol. The lowest BCUT2D eigenvalue weighted by atomic mass is 10.00. The highest BCUT2D eigenvalue weighted by molar-refractivity contribution is 7.98. The fourth-order valence-corrected chi connectivity index (χ4v) is 4.66.